The molecule has 2 rings (SSSR count). The number of nitrogens with one attached hydrogen (secondary N) is 1. The Balaban J connectivity index is 2.81. The Morgan fingerprint density at radius 2 is 2.17 bits per heavy atom. The number of hydrogen-bond donors (Lipinski definition) is 1. The van der Waals surface area contributed by atoms with E-state index in [1.807, 2.05) is 6.92 Å². The third-order valence-electron chi connectivity index (χ3n) is 2.53. The van der Waals surface area contributed by atoms with Crippen molar-refractivity contribution >= 4 is 22.3 Å². The number of aromatic amines is 1. The van der Waals surface area contributed by atoms with Gasteiger partial charge < -0.3 is 8.97 Å². The third kappa shape index (κ3) is 2.19. The summed E-state index contributed by atoms with van der Waals surface area (Å²) < 4.78 is 16.5. The first kappa shape index (κ1) is 12.8. The van der Waals surface area contributed by atoms with Gasteiger partial charge in [-0.05, 0) is 18.9 Å². The molecule has 0 amide bonds. The Labute approximate surface area is 105 Å². The molecule has 0 aromatic carbocycles. The Bertz CT molecular complexity index is 691. The molecular weight excluding hydrogens is 256 g/mol. The first-order valence-electron chi connectivity index (χ1n) is 5.52. The van der Waals surface area contributed by atoms with E-state index in [-0.39, 0.29) is 16.3 Å². The lowest BCUT2D eigenvalue weighted by molar-refractivity contribution is 0.537. The molecule has 18 heavy (non-hydrogen) atoms. The fraction of sp³-hybridized carbons (Fsp3) is 0.364. The van der Waals surface area contributed by atoms with E-state index in [0.29, 0.717) is 17.7 Å². The molecule has 0 aliphatic carbocycles. The number of nitrogens with zero attached hydrogens (tertiary/aromatic N) is 1. The van der Waals surface area contributed by atoms with Gasteiger partial charge in [-0.3, -0.25) is 9.78 Å². The Kier molecular flexibility index (Phi) is 3.53. The molecule has 2 aromatic rings. The van der Waals surface area contributed by atoms with Crippen LogP contribution in [0.15, 0.2) is 25.2 Å². The summed E-state index contributed by atoms with van der Waals surface area (Å²) in [6.07, 6.45) is 0.517. The van der Waals surface area contributed by atoms with Gasteiger partial charge in [-0.1, -0.05) is 6.92 Å². The van der Waals surface area contributed by atoms with Crippen LogP contribution in [0, 0.1) is 0 Å². The Hall–Kier alpha value is -1.60. The zero-order chi connectivity index (χ0) is 13.3. The van der Waals surface area contributed by atoms with Crippen molar-refractivity contribution < 1.29 is 8.97 Å². The van der Waals surface area contributed by atoms with Gasteiger partial charge in [-0.2, -0.15) is 0 Å². The largest absolute Gasteiger partial charge is 0.609 e. The average Bonchev–Trinajstić information content (AvgIpc) is 2.35. The highest BCUT2D eigenvalue weighted by molar-refractivity contribution is 7.91. The zero-order valence-electron chi connectivity index (χ0n) is 9.98. The topological polar surface area (TPSA) is 99.0 Å². The van der Waals surface area contributed by atoms with Gasteiger partial charge in [-0.15, -0.1) is 4.98 Å². The number of aromatic nitrogens is 2. The van der Waals surface area contributed by atoms with Gasteiger partial charge >= 0.3 is 10.8 Å². The molecule has 1 N–H and O–H groups in total. The predicted octanol–water partition coefficient (Wildman–Crippen LogP) is 0.566. The minimum atomic E-state index is -1.40. The average molecular weight is 268 g/mol. The highest BCUT2D eigenvalue weighted by Gasteiger charge is 2.17. The van der Waals surface area contributed by atoms with Crippen LogP contribution >= 0.6 is 0 Å². The standard InChI is InChI=1S/C11H12N2O4S/c1-3-6-5-7(14)17-10-8(6)9(15)12-11(13-10)18(16)4-2/h5H,3-4H2,1-2H3,(H,12,13,15). The molecule has 7 heteroatoms. The van der Waals surface area contributed by atoms with E-state index in [0.717, 1.165) is 0 Å². The minimum Gasteiger partial charge on any atom is -0.609 e. The maximum atomic E-state index is 11.9. The van der Waals surface area contributed by atoms with Crippen LogP contribution in [-0.2, 0) is 17.6 Å². The lowest BCUT2D eigenvalue weighted by atomic mass is 10.1. The second-order valence-electron chi connectivity index (χ2n) is 3.63. The maximum Gasteiger partial charge on any atom is 0.337 e. The molecule has 0 radical (unpaired) electrons. The number of aryl methyl sites for hydroxylation is 1. The van der Waals surface area contributed by atoms with Crippen LogP contribution in [0.2, 0.25) is 0 Å². The first-order valence-corrected chi connectivity index (χ1v) is 6.84. The number of hydrogen-bond acceptors (Lipinski definition) is 5. The highest BCUT2D eigenvalue weighted by atomic mass is 32.2. The predicted molar refractivity (Wildman–Crippen MR) is 67.2 cm³/mol. The monoisotopic (exact) mass is 268 g/mol. The molecule has 0 spiro atoms. The van der Waals surface area contributed by atoms with Gasteiger partial charge in [0.15, 0.2) is 0 Å². The van der Waals surface area contributed by atoms with Gasteiger partial charge in [0.1, 0.15) is 11.1 Å². The van der Waals surface area contributed by atoms with Crippen LogP contribution in [0.3, 0.4) is 0 Å². The summed E-state index contributed by atoms with van der Waals surface area (Å²) in [5.41, 5.74) is -0.480. The van der Waals surface area contributed by atoms with Gasteiger partial charge in [0, 0.05) is 17.2 Å². The summed E-state index contributed by atoms with van der Waals surface area (Å²) in [4.78, 5) is 29.7. The van der Waals surface area contributed by atoms with Gasteiger partial charge in [0.25, 0.3) is 5.56 Å². The van der Waals surface area contributed by atoms with Gasteiger partial charge in [0.2, 0.25) is 5.71 Å². The number of rotatable bonds is 3. The van der Waals surface area contributed by atoms with E-state index in [4.69, 9.17) is 4.42 Å². The van der Waals surface area contributed by atoms with Crippen molar-refractivity contribution in [3.63, 3.8) is 0 Å². The molecule has 2 heterocycles. The van der Waals surface area contributed by atoms with Crippen molar-refractivity contribution in [1.82, 2.24) is 9.97 Å². The zero-order valence-corrected chi connectivity index (χ0v) is 10.8. The molecule has 0 aliphatic rings. The van der Waals surface area contributed by atoms with Crippen molar-refractivity contribution in [3.05, 3.63) is 32.4 Å². The summed E-state index contributed by atoms with van der Waals surface area (Å²) in [5, 5.41) is 0.278. The van der Waals surface area contributed by atoms with Crippen molar-refractivity contribution in [2.75, 3.05) is 5.75 Å². The van der Waals surface area contributed by atoms with Crippen molar-refractivity contribution in [2.45, 2.75) is 25.4 Å². The van der Waals surface area contributed by atoms with Crippen LogP contribution in [0.25, 0.3) is 11.1 Å². The van der Waals surface area contributed by atoms with Crippen molar-refractivity contribution in [2.24, 2.45) is 0 Å². The second-order valence-corrected chi connectivity index (χ2v) is 5.28. The molecule has 6 nitrogen and oxygen atoms in total. The number of H-pyrrole nitrogens is 1. The molecular formula is C11H12N2O4S. The molecule has 96 valence electrons. The molecule has 0 fully saturated rings. The highest BCUT2D eigenvalue weighted by Crippen LogP contribution is 2.13. The van der Waals surface area contributed by atoms with Crippen LogP contribution in [-0.4, -0.2) is 20.3 Å². The van der Waals surface area contributed by atoms with E-state index in [1.165, 1.54) is 6.07 Å². The smallest absolute Gasteiger partial charge is 0.337 e. The normalized spacial score (nSPS) is 12.8. The fourth-order valence-electron chi connectivity index (χ4n) is 1.65. The molecule has 2 aromatic heterocycles. The molecule has 0 saturated heterocycles. The van der Waals surface area contributed by atoms with Crippen molar-refractivity contribution in [3.8, 4) is 0 Å². The van der Waals surface area contributed by atoms with Crippen LogP contribution in [0.5, 0.6) is 0 Å². The van der Waals surface area contributed by atoms with Gasteiger partial charge in [0.05, 0.1) is 0 Å². The molecule has 0 aliphatic heterocycles. The summed E-state index contributed by atoms with van der Waals surface area (Å²) in [6, 6.07) is 1.27. The van der Waals surface area contributed by atoms with E-state index < -0.39 is 22.4 Å². The van der Waals surface area contributed by atoms with Crippen molar-refractivity contribution in [1.29, 1.82) is 0 Å². The van der Waals surface area contributed by atoms with E-state index in [2.05, 4.69) is 9.97 Å². The first-order chi connectivity index (χ1) is 8.56. The molecule has 1 atom stereocenters. The number of fused-ring (bicyclic) bond motifs is 1. The maximum absolute atomic E-state index is 11.9. The SMILES string of the molecule is CCc1cc(=O)oc2nc([S+]([O-])CC)[nH]c(=O)c12. The second kappa shape index (κ2) is 4.95. The lowest BCUT2D eigenvalue weighted by Crippen LogP contribution is -2.19. The molecule has 0 bridgehead atoms. The molecule has 1 unspecified atom stereocenters. The van der Waals surface area contributed by atoms with E-state index in [1.54, 1.807) is 6.92 Å². The van der Waals surface area contributed by atoms with Crippen LogP contribution < -0.4 is 11.2 Å². The Morgan fingerprint density at radius 3 is 2.78 bits per heavy atom. The minimum absolute atomic E-state index is 0.0337. The Morgan fingerprint density at radius 1 is 1.44 bits per heavy atom. The summed E-state index contributed by atoms with van der Waals surface area (Å²) in [6.45, 7) is 3.53. The molecule has 0 saturated carbocycles. The van der Waals surface area contributed by atoms with Crippen LogP contribution in [0.4, 0.5) is 0 Å². The third-order valence-corrected chi connectivity index (χ3v) is 3.68. The van der Waals surface area contributed by atoms with E-state index in [9.17, 15) is 14.1 Å². The van der Waals surface area contributed by atoms with Crippen LogP contribution in [0.1, 0.15) is 19.4 Å². The van der Waals surface area contributed by atoms with Gasteiger partial charge in [-0.25, -0.2) is 4.79 Å². The summed E-state index contributed by atoms with van der Waals surface area (Å²) in [5.74, 6) is 0.326. The summed E-state index contributed by atoms with van der Waals surface area (Å²) >= 11 is -1.40. The quantitative estimate of drug-likeness (QED) is 0.648. The summed E-state index contributed by atoms with van der Waals surface area (Å²) in [7, 11) is 0. The lowest BCUT2D eigenvalue weighted by Gasteiger charge is -2.07. The van der Waals surface area contributed by atoms with E-state index >= 15 is 0 Å². The fourth-order valence-corrected chi connectivity index (χ4v) is 2.32.